The number of hydrogen-bond acceptors (Lipinski definition) is 3. The molecule has 0 saturated carbocycles. The molecule has 0 amide bonds. The zero-order chi connectivity index (χ0) is 4.41. The highest BCUT2D eigenvalue weighted by Crippen LogP contribution is 1.86. The number of hydrogen-bond donors (Lipinski definition) is 2. The molecule has 3 heteroatoms. The van der Waals surface area contributed by atoms with E-state index in [4.69, 9.17) is 9.84 Å². The zero-order valence-electron chi connectivity index (χ0n) is 3.35. The van der Waals surface area contributed by atoms with E-state index in [1.807, 2.05) is 0 Å². The molecular formula is C3H7NO2. The molecule has 1 fully saturated rings. The van der Waals surface area contributed by atoms with Crippen molar-refractivity contribution in [3.63, 3.8) is 0 Å². The second-order valence-electron chi connectivity index (χ2n) is 1.24. The van der Waals surface area contributed by atoms with E-state index in [0.29, 0.717) is 13.3 Å². The van der Waals surface area contributed by atoms with Gasteiger partial charge in [-0.2, -0.15) is 0 Å². The fourth-order valence-corrected chi connectivity index (χ4v) is 0.385. The van der Waals surface area contributed by atoms with Crippen molar-refractivity contribution in [2.45, 2.75) is 6.23 Å². The van der Waals surface area contributed by atoms with Crippen molar-refractivity contribution >= 4 is 0 Å². The normalized spacial score (nSPS) is 34.5. The van der Waals surface area contributed by atoms with Crippen molar-refractivity contribution in [3.8, 4) is 0 Å². The summed E-state index contributed by atoms with van der Waals surface area (Å²) in [6.07, 6.45) is -0.426. The average molecular weight is 89.1 g/mol. The molecule has 1 aliphatic rings. The minimum absolute atomic E-state index is 0.426. The van der Waals surface area contributed by atoms with Crippen LogP contribution in [0.2, 0.25) is 0 Å². The molecule has 2 N–H and O–H groups in total. The van der Waals surface area contributed by atoms with Gasteiger partial charge >= 0.3 is 0 Å². The lowest BCUT2D eigenvalue weighted by Crippen LogP contribution is -2.21. The van der Waals surface area contributed by atoms with E-state index in [0.717, 1.165) is 0 Å². The maximum Gasteiger partial charge on any atom is 0.130 e. The van der Waals surface area contributed by atoms with Crippen LogP contribution in [0.5, 0.6) is 0 Å². The van der Waals surface area contributed by atoms with Crippen LogP contribution in [0.3, 0.4) is 0 Å². The molecule has 1 heterocycles. The Labute approximate surface area is 35.9 Å². The molecule has 0 radical (unpaired) electrons. The van der Waals surface area contributed by atoms with Gasteiger partial charge in [-0.15, -0.1) is 0 Å². The second kappa shape index (κ2) is 1.55. The number of aliphatic hydroxyl groups excluding tert-OH is 1. The molecule has 1 saturated heterocycles. The zero-order valence-corrected chi connectivity index (χ0v) is 3.35. The maximum absolute atomic E-state index is 8.49. The van der Waals surface area contributed by atoms with E-state index in [2.05, 4.69) is 5.32 Å². The minimum Gasteiger partial charge on any atom is -0.376 e. The maximum atomic E-state index is 8.49. The first kappa shape index (κ1) is 4.05. The van der Waals surface area contributed by atoms with Crippen LogP contribution in [0.1, 0.15) is 0 Å². The van der Waals surface area contributed by atoms with Gasteiger partial charge in [-0.05, 0) is 0 Å². The van der Waals surface area contributed by atoms with Gasteiger partial charge in [0, 0.05) is 0 Å². The standard InChI is InChI=1S/C3H7NO2/c5-3-1-6-2-4-3/h3-5H,1-2H2. The first-order valence-electron chi connectivity index (χ1n) is 1.89. The minimum atomic E-state index is -0.426. The molecule has 36 valence electrons. The molecule has 1 aliphatic heterocycles. The van der Waals surface area contributed by atoms with E-state index >= 15 is 0 Å². The van der Waals surface area contributed by atoms with Crippen molar-refractivity contribution < 1.29 is 9.84 Å². The SMILES string of the molecule is OC1COCN1. The summed E-state index contributed by atoms with van der Waals surface area (Å²) >= 11 is 0. The first-order chi connectivity index (χ1) is 2.89. The lowest BCUT2D eigenvalue weighted by molar-refractivity contribution is 0.123. The molecule has 1 unspecified atom stereocenters. The van der Waals surface area contributed by atoms with Crippen LogP contribution in [0.25, 0.3) is 0 Å². The summed E-state index contributed by atoms with van der Waals surface area (Å²) in [6, 6.07) is 0. The van der Waals surface area contributed by atoms with Crippen LogP contribution in [-0.4, -0.2) is 24.7 Å². The van der Waals surface area contributed by atoms with Crippen LogP contribution < -0.4 is 5.32 Å². The van der Waals surface area contributed by atoms with Crippen molar-refractivity contribution in [2.75, 3.05) is 13.3 Å². The molecule has 0 aliphatic carbocycles. The third-order valence-corrected chi connectivity index (χ3v) is 0.697. The molecule has 1 atom stereocenters. The summed E-state index contributed by atoms with van der Waals surface area (Å²) in [5.41, 5.74) is 0. The van der Waals surface area contributed by atoms with Gasteiger partial charge in [0.05, 0.1) is 13.3 Å². The topological polar surface area (TPSA) is 41.5 Å². The summed E-state index contributed by atoms with van der Waals surface area (Å²) < 4.78 is 4.70. The summed E-state index contributed by atoms with van der Waals surface area (Å²) in [6.45, 7) is 0.918. The molecular weight excluding hydrogens is 82.0 g/mol. The van der Waals surface area contributed by atoms with Gasteiger partial charge in [-0.25, -0.2) is 0 Å². The summed E-state index contributed by atoms with van der Waals surface area (Å²) in [5, 5.41) is 11.1. The fraction of sp³-hybridized carbons (Fsp3) is 1.00. The number of rotatable bonds is 0. The van der Waals surface area contributed by atoms with Crippen molar-refractivity contribution in [3.05, 3.63) is 0 Å². The van der Waals surface area contributed by atoms with Gasteiger partial charge in [0.2, 0.25) is 0 Å². The molecule has 0 aromatic rings. The highest BCUT2D eigenvalue weighted by atomic mass is 16.5. The number of ether oxygens (including phenoxy) is 1. The Hall–Kier alpha value is -0.120. The summed E-state index contributed by atoms with van der Waals surface area (Å²) in [7, 11) is 0. The Balaban J connectivity index is 2.18. The predicted molar refractivity (Wildman–Crippen MR) is 20.0 cm³/mol. The molecule has 0 bridgehead atoms. The molecule has 1 rings (SSSR count). The van der Waals surface area contributed by atoms with Gasteiger partial charge < -0.3 is 9.84 Å². The highest BCUT2D eigenvalue weighted by molar-refractivity contribution is 4.51. The lowest BCUT2D eigenvalue weighted by Gasteiger charge is -1.91. The van der Waals surface area contributed by atoms with E-state index in [-0.39, 0.29) is 0 Å². The van der Waals surface area contributed by atoms with E-state index < -0.39 is 6.23 Å². The Morgan fingerprint density at radius 3 is 2.83 bits per heavy atom. The Morgan fingerprint density at radius 2 is 2.67 bits per heavy atom. The van der Waals surface area contributed by atoms with E-state index in [9.17, 15) is 0 Å². The largest absolute Gasteiger partial charge is 0.376 e. The van der Waals surface area contributed by atoms with Crippen LogP contribution in [0.4, 0.5) is 0 Å². The molecule has 0 aromatic heterocycles. The smallest absolute Gasteiger partial charge is 0.130 e. The van der Waals surface area contributed by atoms with Gasteiger partial charge in [0.1, 0.15) is 6.23 Å². The van der Waals surface area contributed by atoms with Crippen molar-refractivity contribution in [1.29, 1.82) is 0 Å². The van der Waals surface area contributed by atoms with Crippen LogP contribution in [0.15, 0.2) is 0 Å². The quantitative estimate of drug-likeness (QED) is 0.395. The molecule has 3 nitrogen and oxygen atoms in total. The highest BCUT2D eigenvalue weighted by Gasteiger charge is 2.07. The van der Waals surface area contributed by atoms with E-state index in [1.165, 1.54) is 0 Å². The summed E-state index contributed by atoms with van der Waals surface area (Å²) in [4.78, 5) is 0. The predicted octanol–water partition coefficient (Wildman–Crippen LogP) is -1.12. The van der Waals surface area contributed by atoms with Crippen LogP contribution in [0, 0.1) is 0 Å². The summed E-state index contributed by atoms with van der Waals surface area (Å²) in [5.74, 6) is 0. The molecule has 0 spiro atoms. The van der Waals surface area contributed by atoms with E-state index in [1.54, 1.807) is 0 Å². The van der Waals surface area contributed by atoms with Crippen molar-refractivity contribution in [1.82, 2.24) is 5.32 Å². The third-order valence-electron chi connectivity index (χ3n) is 0.697. The van der Waals surface area contributed by atoms with Crippen molar-refractivity contribution in [2.24, 2.45) is 0 Å². The lowest BCUT2D eigenvalue weighted by atomic mass is 10.7. The number of nitrogens with one attached hydrogen (secondary N) is 1. The number of aliphatic hydroxyl groups is 1. The van der Waals surface area contributed by atoms with Gasteiger partial charge in [-0.3, -0.25) is 5.32 Å². The van der Waals surface area contributed by atoms with Crippen LogP contribution in [-0.2, 0) is 4.74 Å². The average Bonchev–Trinajstić information content (AvgIpc) is 1.86. The fourth-order valence-electron chi connectivity index (χ4n) is 0.385. The van der Waals surface area contributed by atoms with Crippen LogP contribution >= 0.6 is 0 Å². The first-order valence-corrected chi connectivity index (χ1v) is 1.89. The Morgan fingerprint density at radius 1 is 1.83 bits per heavy atom. The Kier molecular flexibility index (Phi) is 1.05. The van der Waals surface area contributed by atoms with Gasteiger partial charge in [0.15, 0.2) is 0 Å². The second-order valence-corrected chi connectivity index (χ2v) is 1.24. The van der Waals surface area contributed by atoms with Gasteiger partial charge in [-0.1, -0.05) is 0 Å². The monoisotopic (exact) mass is 89.0 g/mol. The van der Waals surface area contributed by atoms with Gasteiger partial charge in [0.25, 0.3) is 0 Å². The third kappa shape index (κ3) is 0.680. The molecule has 6 heavy (non-hydrogen) atoms. The molecule has 0 aromatic carbocycles. The Bertz CT molecular complexity index is 42.1.